The molecule has 0 bridgehead atoms. The van der Waals surface area contributed by atoms with Crippen molar-refractivity contribution in [2.45, 2.75) is 19.8 Å². The molecule has 1 heterocycles. The molecule has 106 valence electrons. The first kappa shape index (κ1) is 15.2. The predicted octanol–water partition coefficient (Wildman–Crippen LogP) is 0.630. The summed E-state index contributed by atoms with van der Waals surface area (Å²) in [6.45, 7) is 3.12. The van der Waals surface area contributed by atoms with Gasteiger partial charge in [0.05, 0.1) is 12.9 Å². The van der Waals surface area contributed by atoms with Gasteiger partial charge in [0.1, 0.15) is 0 Å². The first-order valence-electron chi connectivity index (χ1n) is 6.39. The van der Waals surface area contributed by atoms with Crippen LogP contribution in [0.2, 0.25) is 0 Å². The van der Waals surface area contributed by atoms with Gasteiger partial charge < -0.3 is 19.7 Å². The fourth-order valence-corrected chi connectivity index (χ4v) is 1.69. The van der Waals surface area contributed by atoms with Crippen molar-refractivity contribution in [2.24, 2.45) is 0 Å². The van der Waals surface area contributed by atoms with E-state index in [9.17, 15) is 9.59 Å². The third-order valence-electron chi connectivity index (χ3n) is 2.59. The number of nitrogens with one attached hydrogen (secondary N) is 1. The van der Waals surface area contributed by atoms with E-state index in [0.29, 0.717) is 13.1 Å². The van der Waals surface area contributed by atoms with Crippen LogP contribution in [-0.2, 0) is 4.79 Å². The molecule has 1 aromatic rings. The van der Waals surface area contributed by atoms with Gasteiger partial charge in [0.25, 0.3) is 5.91 Å². The van der Waals surface area contributed by atoms with Gasteiger partial charge in [-0.15, -0.1) is 0 Å². The van der Waals surface area contributed by atoms with E-state index in [4.69, 9.17) is 9.52 Å². The lowest BCUT2D eigenvalue weighted by Crippen LogP contribution is -2.36. The summed E-state index contributed by atoms with van der Waals surface area (Å²) < 4.78 is 4.94. The van der Waals surface area contributed by atoms with Crippen molar-refractivity contribution in [2.75, 3.05) is 26.2 Å². The van der Waals surface area contributed by atoms with Gasteiger partial charge in [-0.1, -0.05) is 6.92 Å². The van der Waals surface area contributed by atoms with Crippen molar-refractivity contribution in [3.63, 3.8) is 0 Å². The molecule has 19 heavy (non-hydrogen) atoms. The molecule has 0 atom stereocenters. The minimum Gasteiger partial charge on any atom is -0.459 e. The largest absolute Gasteiger partial charge is 0.459 e. The Labute approximate surface area is 112 Å². The van der Waals surface area contributed by atoms with Gasteiger partial charge in [0.15, 0.2) is 5.76 Å². The van der Waals surface area contributed by atoms with Gasteiger partial charge in [0, 0.05) is 26.1 Å². The molecule has 0 unspecified atom stereocenters. The van der Waals surface area contributed by atoms with E-state index < -0.39 is 0 Å². The first-order valence-corrected chi connectivity index (χ1v) is 6.39. The molecule has 1 aromatic heterocycles. The molecule has 0 fully saturated rings. The van der Waals surface area contributed by atoms with E-state index >= 15 is 0 Å². The van der Waals surface area contributed by atoms with Crippen LogP contribution < -0.4 is 5.32 Å². The topological polar surface area (TPSA) is 82.8 Å². The van der Waals surface area contributed by atoms with E-state index in [-0.39, 0.29) is 37.1 Å². The van der Waals surface area contributed by atoms with Crippen LogP contribution in [0.1, 0.15) is 30.3 Å². The second-order valence-electron chi connectivity index (χ2n) is 4.09. The zero-order chi connectivity index (χ0) is 14.1. The first-order chi connectivity index (χ1) is 9.19. The molecule has 0 aromatic carbocycles. The Morgan fingerprint density at radius 1 is 1.42 bits per heavy atom. The molecule has 2 amide bonds. The highest BCUT2D eigenvalue weighted by Gasteiger charge is 2.13. The number of aliphatic hydroxyl groups is 1. The van der Waals surface area contributed by atoms with E-state index in [1.54, 1.807) is 17.0 Å². The van der Waals surface area contributed by atoms with Gasteiger partial charge in [0.2, 0.25) is 5.91 Å². The summed E-state index contributed by atoms with van der Waals surface area (Å²) in [5.74, 6) is -0.175. The minimum atomic E-state index is -0.331. The maximum atomic E-state index is 11.8. The molecule has 0 aliphatic rings. The third kappa shape index (κ3) is 5.13. The van der Waals surface area contributed by atoms with Crippen molar-refractivity contribution in [3.05, 3.63) is 24.2 Å². The van der Waals surface area contributed by atoms with Crippen LogP contribution in [0.5, 0.6) is 0 Å². The summed E-state index contributed by atoms with van der Waals surface area (Å²) in [6, 6.07) is 3.19. The summed E-state index contributed by atoms with van der Waals surface area (Å²) in [6.07, 6.45) is 2.47. The monoisotopic (exact) mass is 268 g/mol. The zero-order valence-electron chi connectivity index (χ0n) is 11.1. The van der Waals surface area contributed by atoms with Crippen LogP contribution in [0.25, 0.3) is 0 Å². The standard InChI is InChI=1S/C13H20N2O4/c1-2-7-15(8-9-16)12(17)5-6-14-13(18)11-4-3-10-19-11/h3-4,10,16H,2,5-9H2,1H3,(H,14,18). The summed E-state index contributed by atoms with van der Waals surface area (Å²) in [7, 11) is 0. The van der Waals surface area contributed by atoms with Crippen LogP contribution in [0.15, 0.2) is 22.8 Å². The molecule has 0 saturated heterocycles. The molecule has 0 spiro atoms. The predicted molar refractivity (Wildman–Crippen MR) is 69.6 cm³/mol. The van der Waals surface area contributed by atoms with Gasteiger partial charge in [-0.05, 0) is 18.6 Å². The van der Waals surface area contributed by atoms with E-state index in [0.717, 1.165) is 6.42 Å². The maximum absolute atomic E-state index is 11.8. The molecule has 6 heteroatoms. The highest BCUT2D eigenvalue weighted by molar-refractivity contribution is 5.91. The number of aliphatic hydroxyl groups excluding tert-OH is 1. The Hall–Kier alpha value is -1.82. The maximum Gasteiger partial charge on any atom is 0.286 e. The molecular formula is C13H20N2O4. The Balaban J connectivity index is 2.31. The highest BCUT2D eigenvalue weighted by atomic mass is 16.3. The van der Waals surface area contributed by atoms with Crippen LogP contribution in [0, 0.1) is 0 Å². The van der Waals surface area contributed by atoms with E-state index in [2.05, 4.69) is 5.32 Å². The van der Waals surface area contributed by atoms with E-state index in [1.807, 2.05) is 6.92 Å². The molecule has 6 nitrogen and oxygen atoms in total. The molecule has 2 N–H and O–H groups in total. The second-order valence-corrected chi connectivity index (χ2v) is 4.09. The Bertz CT molecular complexity index is 383. The average Bonchev–Trinajstić information content (AvgIpc) is 2.92. The number of nitrogens with zero attached hydrogens (tertiary/aromatic N) is 1. The van der Waals surface area contributed by atoms with Gasteiger partial charge in [-0.25, -0.2) is 0 Å². The number of hydrogen-bond acceptors (Lipinski definition) is 4. The van der Waals surface area contributed by atoms with Crippen molar-refractivity contribution >= 4 is 11.8 Å². The Morgan fingerprint density at radius 2 is 2.21 bits per heavy atom. The Morgan fingerprint density at radius 3 is 2.79 bits per heavy atom. The highest BCUT2D eigenvalue weighted by Crippen LogP contribution is 2.00. The summed E-state index contributed by atoms with van der Waals surface area (Å²) in [5, 5.41) is 11.5. The number of amides is 2. The van der Waals surface area contributed by atoms with Gasteiger partial charge in [-0.2, -0.15) is 0 Å². The minimum absolute atomic E-state index is 0.0511. The molecule has 0 radical (unpaired) electrons. The SMILES string of the molecule is CCCN(CCO)C(=O)CCNC(=O)c1ccco1. The lowest BCUT2D eigenvalue weighted by atomic mass is 10.3. The molecule has 0 aliphatic heterocycles. The van der Waals surface area contributed by atoms with Crippen molar-refractivity contribution in [1.29, 1.82) is 0 Å². The fraction of sp³-hybridized carbons (Fsp3) is 0.538. The van der Waals surface area contributed by atoms with Gasteiger partial charge in [-0.3, -0.25) is 9.59 Å². The number of furan rings is 1. The number of rotatable bonds is 8. The summed E-state index contributed by atoms with van der Waals surface area (Å²) >= 11 is 0. The van der Waals surface area contributed by atoms with Crippen molar-refractivity contribution < 1.29 is 19.1 Å². The third-order valence-corrected chi connectivity index (χ3v) is 2.59. The van der Waals surface area contributed by atoms with Crippen LogP contribution in [0.4, 0.5) is 0 Å². The quantitative estimate of drug-likeness (QED) is 0.724. The normalized spacial score (nSPS) is 10.2. The average molecular weight is 268 g/mol. The lowest BCUT2D eigenvalue weighted by molar-refractivity contribution is -0.131. The number of carbonyl (C=O) groups is 2. The number of hydrogen-bond donors (Lipinski definition) is 2. The van der Waals surface area contributed by atoms with Crippen LogP contribution >= 0.6 is 0 Å². The number of carbonyl (C=O) groups excluding carboxylic acids is 2. The second kappa shape index (κ2) is 8.31. The van der Waals surface area contributed by atoms with Gasteiger partial charge >= 0.3 is 0 Å². The molecule has 0 saturated carbocycles. The molecule has 0 aliphatic carbocycles. The van der Waals surface area contributed by atoms with Crippen LogP contribution in [0.3, 0.4) is 0 Å². The lowest BCUT2D eigenvalue weighted by Gasteiger charge is -2.20. The summed E-state index contributed by atoms with van der Waals surface area (Å²) in [4.78, 5) is 25.0. The molecular weight excluding hydrogens is 248 g/mol. The Kier molecular flexibility index (Phi) is 6.67. The smallest absolute Gasteiger partial charge is 0.286 e. The van der Waals surface area contributed by atoms with Crippen molar-refractivity contribution in [3.8, 4) is 0 Å². The molecule has 1 rings (SSSR count). The fourth-order valence-electron chi connectivity index (χ4n) is 1.69. The summed E-state index contributed by atoms with van der Waals surface area (Å²) in [5.41, 5.74) is 0. The van der Waals surface area contributed by atoms with Crippen molar-refractivity contribution in [1.82, 2.24) is 10.2 Å². The van der Waals surface area contributed by atoms with E-state index in [1.165, 1.54) is 6.26 Å². The zero-order valence-corrected chi connectivity index (χ0v) is 11.1. The van der Waals surface area contributed by atoms with Crippen LogP contribution in [-0.4, -0.2) is 48.1 Å².